The lowest BCUT2D eigenvalue weighted by Crippen LogP contribution is -2.09. The lowest BCUT2D eigenvalue weighted by Gasteiger charge is -2.10. The van der Waals surface area contributed by atoms with Crippen molar-refractivity contribution in [3.05, 3.63) is 48.4 Å². The maximum Gasteiger partial charge on any atom is 0.323 e. The zero-order valence-corrected chi connectivity index (χ0v) is 14.0. The van der Waals surface area contributed by atoms with Crippen LogP contribution in [-0.4, -0.2) is 28.7 Å². The molecule has 0 amide bonds. The van der Waals surface area contributed by atoms with E-state index in [2.05, 4.69) is 25.6 Å². The van der Waals surface area contributed by atoms with E-state index in [0.717, 1.165) is 17.2 Å². The molecule has 0 aliphatic rings. The monoisotopic (exact) mass is 341 g/mol. The molecule has 0 aliphatic heterocycles. The number of ether oxygens (including phenoxy) is 2. The Hall–Kier alpha value is -3.29. The molecule has 3 rings (SSSR count). The molecule has 2 heterocycles. The van der Waals surface area contributed by atoms with Crippen LogP contribution in [0, 0.1) is 0 Å². The molecule has 0 bridgehead atoms. The average Bonchev–Trinajstić information content (AvgIpc) is 3.14. The highest BCUT2D eigenvalue weighted by Gasteiger charge is 2.09. The van der Waals surface area contributed by atoms with Crippen LogP contribution >= 0.6 is 0 Å². The Morgan fingerprint density at radius 1 is 1.08 bits per heavy atom. The molecule has 0 aliphatic carbocycles. The summed E-state index contributed by atoms with van der Waals surface area (Å²) in [5.41, 5.74) is 0.796. The Morgan fingerprint density at radius 3 is 2.72 bits per heavy atom. The van der Waals surface area contributed by atoms with Crippen molar-refractivity contribution < 1.29 is 13.9 Å². The number of benzene rings is 1. The smallest absolute Gasteiger partial charge is 0.323 e. The van der Waals surface area contributed by atoms with Crippen LogP contribution < -0.4 is 20.1 Å². The van der Waals surface area contributed by atoms with Crippen LogP contribution in [0.3, 0.4) is 0 Å². The van der Waals surface area contributed by atoms with Crippen LogP contribution in [-0.2, 0) is 6.54 Å². The third kappa shape index (κ3) is 4.60. The molecule has 2 aromatic heterocycles. The number of rotatable bonds is 8. The minimum absolute atomic E-state index is 0.241. The van der Waals surface area contributed by atoms with Gasteiger partial charge in [0.1, 0.15) is 11.5 Å². The number of hydrogen-bond acceptors (Lipinski definition) is 8. The molecule has 1 aromatic carbocycles. The number of nitrogens with one attached hydrogen (secondary N) is 2. The van der Waals surface area contributed by atoms with Crippen molar-refractivity contribution in [2.24, 2.45) is 0 Å². The summed E-state index contributed by atoms with van der Waals surface area (Å²) >= 11 is 0. The van der Waals surface area contributed by atoms with Crippen molar-refractivity contribution in [1.29, 1.82) is 0 Å². The summed E-state index contributed by atoms with van der Waals surface area (Å²) in [6, 6.07) is 11.4. The highest BCUT2D eigenvalue weighted by Crippen LogP contribution is 2.21. The maximum absolute atomic E-state index is 5.42. The van der Waals surface area contributed by atoms with Gasteiger partial charge in [-0.2, -0.15) is 15.0 Å². The van der Waals surface area contributed by atoms with Crippen LogP contribution in [0.15, 0.2) is 47.1 Å². The van der Waals surface area contributed by atoms with E-state index in [-0.39, 0.29) is 6.01 Å². The summed E-state index contributed by atoms with van der Waals surface area (Å²) in [7, 11) is 1.62. The normalized spacial score (nSPS) is 10.3. The van der Waals surface area contributed by atoms with Crippen LogP contribution in [0.25, 0.3) is 0 Å². The second kappa shape index (κ2) is 8.00. The highest BCUT2D eigenvalue weighted by atomic mass is 16.5. The molecular weight excluding hydrogens is 322 g/mol. The first-order valence-electron chi connectivity index (χ1n) is 7.83. The lowest BCUT2D eigenvalue weighted by atomic mass is 10.3. The van der Waals surface area contributed by atoms with E-state index in [1.165, 1.54) is 0 Å². The van der Waals surface area contributed by atoms with Gasteiger partial charge in [0.05, 0.1) is 26.5 Å². The third-order valence-corrected chi connectivity index (χ3v) is 3.22. The summed E-state index contributed by atoms with van der Waals surface area (Å²) in [5, 5.41) is 6.22. The van der Waals surface area contributed by atoms with Gasteiger partial charge in [-0.3, -0.25) is 0 Å². The quantitative estimate of drug-likeness (QED) is 0.645. The molecule has 0 saturated heterocycles. The average molecular weight is 341 g/mol. The first kappa shape index (κ1) is 16.6. The molecule has 8 nitrogen and oxygen atoms in total. The fourth-order valence-electron chi connectivity index (χ4n) is 2.09. The summed E-state index contributed by atoms with van der Waals surface area (Å²) < 4.78 is 15.9. The molecule has 0 atom stereocenters. The van der Waals surface area contributed by atoms with Crippen LogP contribution in [0.2, 0.25) is 0 Å². The third-order valence-electron chi connectivity index (χ3n) is 3.22. The molecule has 25 heavy (non-hydrogen) atoms. The second-order valence-corrected chi connectivity index (χ2v) is 4.99. The molecule has 3 aromatic rings. The number of nitrogens with zero attached hydrogens (tertiary/aromatic N) is 3. The van der Waals surface area contributed by atoms with Crippen molar-refractivity contribution >= 4 is 17.6 Å². The Bertz CT molecular complexity index is 808. The lowest BCUT2D eigenvalue weighted by molar-refractivity contribution is 0.312. The van der Waals surface area contributed by atoms with Crippen LogP contribution in [0.5, 0.6) is 11.8 Å². The van der Waals surface area contributed by atoms with E-state index in [9.17, 15) is 0 Å². The Morgan fingerprint density at radius 2 is 1.96 bits per heavy atom. The predicted molar refractivity (Wildman–Crippen MR) is 93.3 cm³/mol. The Labute approximate surface area is 145 Å². The topological polar surface area (TPSA) is 94.3 Å². The van der Waals surface area contributed by atoms with Gasteiger partial charge in [0.15, 0.2) is 0 Å². The maximum atomic E-state index is 5.42. The first-order chi connectivity index (χ1) is 12.3. The van der Waals surface area contributed by atoms with Crippen molar-refractivity contribution in [1.82, 2.24) is 15.0 Å². The molecule has 0 unspecified atom stereocenters. The van der Waals surface area contributed by atoms with Gasteiger partial charge in [-0.15, -0.1) is 0 Å². The van der Waals surface area contributed by atoms with Gasteiger partial charge in [0.2, 0.25) is 11.9 Å². The van der Waals surface area contributed by atoms with Crippen molar-refractivity contribution in [2.75, 3.05) is 24.4 Å². The summed E-state index contributed by atoms with van der Waals surface area (Å²) in [6.07, 6.45) is 1.62. The molecule has 0 fully saturated rings. The van der Waals surface area contributed by atoms with Gasteiger partial charge in [-0.05, 0) is 31.2 Å². The minimum Gasteiger partial charge on any atom is -0.497 e. The molecule has 0 spiro atoms. The number of hydrogen-bond donors (Lipinski definition) is 2. The SMILES string of the molecule is CCOc1nc(NCc2ccco2)nc(Nc2cccc(OC)c2)n1. The number of aromatic nitrogens is 3. The van der Waals surface area contributed by atoms with Crippen LogP contribution in [0.4, 0.5) is 17.6 Å². The zero-order chi connectivity index (χ0) is 17.5. The van der Waals surface area contributed by atoms with E-state index in [0.29, 0.717) is 25.0 Å². The van der Waals surface area contributed by atoms with E-state index in [1.54, 1.807) is 13.4 Å². The molecule has 0 saturated carbocycles. The standard InChI is InChI=1S/C17H19N5O3/c1-3-24-17-21-15(18-11-14-8-5-9-25-14)20-16(22-17)19-12-6-4-7-13(10-12)23-2/h4-10H,3,11H2,1-2H3,(H2,18,19,20,21,22). The highest BCUT2D eigenvalue weighted by molar-refractivity contribution is 5.56. The summed E-state index contributed by atoms with van der Waals surface area (Å²) in [5.74, 6) is 2.27. The van der Waals surface area contributed by atoms with E-state index in [1.807, 2.05) is 43.3 Å². The largest absolute Gasteiger partial charge is 0.497 e. The molecule has 130 valence electrons. The van der Waals surface area contributed by atoms with Gasteiger partial charge in [0, 0.05) is 11.8 Å². The van der Waals surface area contributed by atoms with E-state index in [4.69, 9.17) is 13.9 Å². The number of furan rings is 1. The Balaban J connectivity index is 1.79. The molecule has 0 radical (unpaired) electrons. The second-order valence-electron chi connectivity index (χ2n) is 4.99. The Kier molecular flexibility index (Phi) is 5.30. The van der Waals surface area contributed by atoms with Gasteiger partial charge in [-0.25, -0.2) is 0 Å². The van der Waals surface area contributed by atoms with Crippen molar-refractivity contribution in [3.63, 3.8) is 0 Å². The van der Waals surface area contributed by atoms with Gasteiger partial charge in [-0.1, -0.05) is 6.07 Å². The molecule has 2 N–H and O–H groups in total. The van der Waals surface area contributed by atoms with Crippen molar-refractivity contribution in [3.8, 4) is 11.8 Å². The molecule has 8 heteroatoms. The summed E-state index contributed by atoms with van der Waals surface area (Å²) in [4.78, 5) is 12.9. The minimum atomic E-state index is 0.241. The fourth-order valence-corrected chi connectivity index (χ4v) is 2.09. The zero-order valence-electron chi connectivity index (χ0n) is 14.0. The predicted octanol–water partition coefficient (Wildman–Crippen LogP) is 3.23. The van der Waals surface area contributed by atoms with E-state index < -0.39 is 0 Å². The molecular formula is C17H19N5O3. The number of anilines is 3. The van der Waals surface area contributed by atoms with Crippen molar-refractivity contribution in [2.45, 2.75) is 13.5 Å². The van der Waals surface area contributed by atoms with Gasteiger partial charge in [0.25, 0.3) is 0 Å². The van der Waals surface area contributed by atoms with Crippen LogP contribution in [0.1, 0.15) is 12.7 Å². The van der Waals surface area contributed by atoms with Gasteiger partial charge < -0.3 is 24.5 Å². The number of methoxy groups -OCH3 is 1. The summed E-state index contributed by atoms with van der Waals surface area (Å²) in [6.45, 7) is 2.79. The fraction of sp³-hybridized carbons (Fsp3) is 0.235. The van der Waals surface area contributed by atoms with Gasteiger partial charge >= 0.3 is 6.01 Å². The van der Waals surface area contributed by atoms with E-state index >= 15 is 0 Å². The first-order valence-corrected chi connectivity index (χ1v) is 7.83.